The second-order valence-electron chi connectivity index (χ2n) is 4.23. The van der Waals surface area contributed by atoms with E-state index in [0.717, 1.165) is 24.3 Å². The zero-order valence-corrected chi connectivity index (χ0v) is 12.2. The van der Waals surface area contributed by atoms with Gasteiger partial charge in [-0.15, -0.1) is 0 Å². The van der Waals surface area contributed by atoms with E-state index in [1.54, 1.807) is 7.11 Å². The summed E-state index contributed by atoms with van der Waals surface area (Å²) in [5.74, 6) is 0.828. The van der Waals surface area contributed by atoms with E-state index in [0.29, 0.717) is 39.6 Å². The van der Waals surface area contributed by atoms with Crippen LogP contribution in [0.3, 0.4) is 0 Å². The molecule has 0 atom stereocenters. The van der Waals surface area contributed by atoms with Gasteiger partial charge < -0.3 is 24.7 Å². The van der Waals surface area contributed by atoms with E-state index < -0.39 is 0 Å². The van der Waals surface area contributed by atoms with Gasteiger partial charge >= 0.3 is 0 Å². The minimum atomic E-state index is 0.479. The molecule has 114 valence electrons. The SMILES string of the molecule is COCCCOCCOCCOc1ccccc1CN. The quantitative estimate of drug-likeness (QED) is 0.590. The van der Waals surface area contributed by atoms with Crippen LogP contribution in [0.1, 0.15) is 12.0 Å². The van der Waals surface area contributed by atoms with Gasteiger partial charge in [0.2, 0.25) is 0 Å². The number of para-hydroxylation sites is 1. The fourth-order valence-electron chi connectivity index (χ4n) is 1.65. The summed E-state index contributed by atoms with van der Waals surface area (Å²) < 4.78 is 21.3. The molecule has 0 saturated carbocycles. The molecule has 0 saturated heterocycles. The molecule has 5 nitrogen and oxygen atoms in total. The number of rotatable bonds is 12. The number of hydrogen-bond donors (Lipinski definition) is 1. The lowest BCUT2D eigenvalue weighted by Gasteiger charge is -2.10. The van der Waals surface area contributed by atoms with Crippen LogP contribution >= 0.6 is 0 Å². The Morgan fingerprint density at radius 1 is 0.900 bits per heavy atom. The van der Waals surface area contributed by atoms with Crippen molar-refractivity contribution in [2.45, 2.75) is 13.0 Å². The van der Waals surface area contributed by atoms with Gasteiger partial charge in [-0.1, -0.05) is 18.2 Å². The Bertz CT molecular complexity index is 346. The zero-order chi connectivity index (χ0) is 14.5. The number of hydrogen-bond acceptors (Lipinski definition) is 5. The average Bonchev–Trinajstić information content (AvgIpc) is 2.49. The van der Waals surface area contributed by atoms with E-state index >= 15 is 0 Å². The van der Waals surface area contributed by atoms with E-state index in [1.807, 2.05) is 24.3 Å². The van der Waals surface area contributed by atoms with E-state index in [1.165, 1.54) is 0 Å². The standard InChI is InChI=1S/C15H25NO4/c1-17-7-4-8-18-9-10-19-11-12-20-15-6-3-2-5-14(15)13-16/h2-3,5-6H,4,7-13,16H2,1H3. The van der Waals surface area contributed by atoms with E-state index in [2.05, 4.69) is 0 Å². The topological polar surface area (TPSA) is 62.9 Å². The molecule has 0 unspecified atom stereocenters. The van der Waals surface area contributed by atoms with Crippen molar-refractivity contribution < 1.29 is 18.9 Å². The van der Waals surface area contributed by atoms with Crippen LogP contribution in [0.25, 0.3) is 0 Å². The fraction of sp³-hybridized carbons (Fsp3) is 0.600. The van der Waals surface area contributed by atoms with E-state index in [9.17, 15) is 0 Å². The second-order valence-corrected chi connectivity index (χ2v) is 4.23. The van der Waals surface area contributed by atoms with Crippen LogP contribution in [-0.4, -0.2) is 46.8 Å². The third kappa shape index (κ3) is 7.45. The van der Waals surface area contributed by atoms with Crippen molar-refractivity contribution in [2.24, 2.45) is 5.73 Å². The molecule has 1 rings (SSSR count). The molecule has 0 aromatic heterocycles. The lowest BCUT2D eigenvalue weighted by atomic mass is 10.2. The summed E-state index contributed by atoms with van der Waals surface area (Å²) in [7, 11) is 1.69. The first-order valence-electron chi connectivity index (χ1n) is 6.93. The molecular formula is C15H25NO4. The summed E-state index contributed by atoms with van der Waals surface area (Å²) in [6.07, 6.45) is 0.912. The lowest BCUT2D eigenvalue weighted by molar-refractivity contribution is 0.0303. The number of benzene rings is 1. The smallest absolute Gasteiger partial charge is 0.123 e. The summed E-state index contributed by atoms with van der Waals surface area (Å²) in [4.78, 5) is 0. The highest BCUT2D eigenvalue weighted by Crippen LogP contribution is 2.16. The van der Waals surface area contributed by atoms with Crippen LogP contribution in [0.5, 0.6) is 5.75 Å². The van der Waals surface area contributed by atoms with Crippen LogP contribution in [0, 0.1) is 0 Å². The first-order valence-corrected chi connectivity index (χ1v) is 6.93. The predicted molar refractivity (Wildman–Crippen MR) is 78.0 cm³/mol. The minimum absolute atomic E-state index is 0.479. The van der Waals surface area contributed by atoms with Crippen LogP contribution in [0.15, 0.2) is 24.3 Å². The zero-order valence-electron chi connectivity index (χ0n) is 12.2. The molecule has 2 N–H and O–H groups in total. The Kier molecular flexibility index (Phi) is 9.87. The maximum Gasteiger partial charge on any atom is 0.123 e. The van der Waals surface area contributed by atoms with Crippen molar-refractivity contribution >= 4 is 0 Å². The second kappa shape index (κ2) is 11.7. The molecular weight excluding hydrogens is 258 g/mol. The normalized spacial score (nSPS) is 10.7. The van der Waals surface area contributed by atoms with Gasteiger partial charge in [-0.05, 0) is 12.5 Å². The van der Waals surface area contributed by atoms with Crippen molar-refractivity contribution in [3.05, 3.63) is 29.8 Å². The molecule has 0 aliphatic rings. The number of methoxy groups -OCH3 is 1. The predicted octanol–water partition coefficient (Wildman–Crippen LogP) is 1.59. The van der Waals surface area contributed by atoms with E-state index in [4.69, 9.17) is 24.7 Å². The first-order chi connectivity index (χ1) is 9.88. The van der Waals surface area contributed by atoms with Crippen LogP contribution < -0.4 is 10.5 Å². The van der Waals surface area contributed by atoms with Crippen LogP contribution in [-0.2, 0) is 20.8 Å². The largest absolute Gasteiger partial charge is 0.491 e. The molecule has 0 aliphatic carbocycles. The van der Waals surface area contributed by atoms with Crippen molar-refractivity contribution in [2.75, 3.05) is 46.8 Å². The molecule has 0 radical (unpaired) electrons. The summed E-state index contributed by atoms with van der Waals surface area (Å²) in [6.45, 7) is 4.15. The summed E-state index contributed by atoms with van der Waals surface area (Å²) >= 11 is 0. The summed E-state index contributed by atoms with van der Waals surface area (Å²) in [5.41, 5.74) is 6.64. The molecule has 1 aromatic carbocycles. The number of nitrogens with two attached hydrogens (primary N) is 1. The van der Waals surface area contributed by atoms with Gasteiger partial charge in [-0.3, -0.25) is 0 Å². The molecule has 0 heterocycles. The summed E-state index contributed by atoms with van der Waals surface area (Å²) in [5, 5.41) is 0. The van der Waals surface area contributed by atoms with Gasteiger partial charge in [0, 0.05) is 32.4 Å². The molecule has 20 heavy (non-hydrogen) atoms. The van der Waals surface area contributed by atoms with Gasteiger partial charge in [0.05, 0.1) is 19.8 Å². The van der Waals surface area contributed by atoms with Gasteiger partial charge in [0.25, 0.3) is 0 Å². The average molecular weight is 283 g/mol. The van der Waals surface area contributed by atoms with Gasteiger partial charge in [-0.2, -0.15) is 0 Å². The third-order valence-corrected chi connectivity index (χ3v) is 2.69. The molecule has 0 fully saturated rings. The Morgan fingerprint density at radius 2 is 1.60 bits per heavy atom. The Morgan fingerprint density at radius 3 is 2.35 bits per heavy atom. The molecule has 1 aromatic rings. The van der Waals surface area contributed by atoms with Crippen LogP contribution in [0.4, 0.5) is 0 Å². The minimum Gasteiger partial charge on any atom is -0.491 e. The van der Waals surface area contributed by atoms with Crippen molar-refractivity contribution in [3.8, 4) is 5.75 Å². The van der Waals surface area contributed by atoms with Gasteiger partial charge in [0.1, 0.15) is 12.4 Å². The maximum atomic E-state index is 5.63. The Balaban J connectivity index is 1.97. The lowest BCUT2D eigenvalue weighted by Crippen LogP contribution is -2.12. The summed E-state index contributed by atoms with van der Waals surface area (Å²) in [6, 6.07) is 7.76. The van der Waals surface area contributed by atoms with Crippen LogP contribution in [0.2, 0.25) is 0 Å². The van der Waals surface area contributed by atoms with Crippen molar-refractivity contribution in [1.82, 2.24) is 0 Å². The fourth-order valence-corrected chi connectivity index (χ4v) is 1.65. The highest BCUT2D eigenvalue weighted by Gasteiger charge is 2.00. The first kappa shape index (κ1) is 16.9. The van der Waals surface area contributed by atoms with Crippen molar-refractivity contribution in [3.63, 3.8) is 0 Å². The Labute approximate surface area is 121 Å². The highest BCUT2D eigenvalue weighted by molar-refractivity contribution is 5.32. The van der Waals surface area contributed by atoms with Gasteiger partial charge in [-0.25, -0.2) is 0 Å². The van der Waals surface area contributed by atoms with E-state index in [-0.39, 0.29) is 0 Å². The van der Waals surface area contributed by atoms with Gasteiger partial charge in [0.15, 0.2) is 0 Å². The third-order valence-electron chi connectivity index (χ3n) is 2.69. The molecule has 0 bridgehead atoms. The molecule has 5 heteroatoms. The maximum absolute atomic E-state index is 5.63. The Hall–Kier alpha value is -1.14. The monoisotopic (exact) mass is 283 g/mol. The molecule has 0 aliphatic heterocycles. The number of ether oxygens (including phenoxy) is 4. The molecule has 0 amide bonds. The molecule has 0 spiro atoms. The van der Waals surface area contributed by atoms with Crippen molar-refractivity contribution in [1.29, 1.82) is 0 Å². The highest BCUT2D eigenvalue weighted by atomic mass is 16.5.